The molecule has 24 heavy (non-hydrogen) atoms. The van der Waals surface area contributed by atoms with Crippen LogP contribution in [0.4, 0.5) is 0 Å². The minimum absolute atomic E-state index is 0. The van der Waals surface area contributed by atoms with Gasteiger partial charge in [-0.25, -0.2) is 8.42 Å². The Morgan fingerprint density at radius 2 is 1.96 bits per heavy atom. The lowest BCUT2D eigenvalue weighted by molar-refractivity contribution is -0.146. The van der Waals surface area contributed by atoms with Gasteiger partial charge in [-0.2, -0.15) is 4.31 Å². The van der Waals surface area contributed by atoms with E-state index in [2.05, 4.69) is 5.32 Å². The third-order valence-corrected chi connectivity index (χ3v) is 5.77. The van der Waals surface area contributed by atoms with Gasteiger partial charge in [-0.05, 0) is 13.8 Å². The Labute approximate surface area is 150 Å². The van der Waals surface area contributed by atoms with Crippen LogP contribution in [0.15, 0.2) is 0 Å². The van der Waals surface area contributed by atoms with Crippen LogP contribution in [-0.2, 0) is 24.3 Å². The maximum Gasteiger partial charge on any atom is 0.253 e. The standard InChI is InChI=1S/C14H27N3O5S.ClH/c1-12(2)21-9-10-23(19,20)17-6-4-16(5-7-17)14(18)13-11-15-3-8-22-13;/h12-13,15H,3-11H2,1-2H3;1H. The number of nitrogens with zero attached hydrogens (tertiary/aromatic N) is 2. The molecule has 1 N–H and O–H groups in total. The first-order valence-corrected chi connectivity index (χ1v) is 9.71. The smallest absolute Gasteiger partial charge is 0.253 e. The lowest BCUT2D eigenvalue weighted by Gasteiger charge is -2.36. The molecule has 2 heterocycles. The van der Waals surface area contributed by atoms with Gasteiger partial charge in [0.15, 0.2) is 0 Å². The van der Waals surface area contributed by atoms with Gasteiger partial charge in [0.25, 0.3) is 5.91 Å². The van der Waals surface area contributed by atoms with Crippen LogP contribution in [0, 0.1) is 0 Å². The summed E-state index contributed by atoms with van der Waals surface area (Å²) < 4.78 is 36.7. The Balaban J connectivity index is 0.00000288. The van der Waals surface area contributed by atoms with Crippen LogP contribution in [0.5, 0.6) is 0 Å². The molecule has 2 fully saturated rings. The van der Waals surface area contributed by atoms with Crippen LogP contribution in [-0.4, -0.2) is 94.0 Å². The number of halogens is 1. The van der Waals surface area contributed by atoms with Crippen molar-refractivity contribution in [3.05, 3.63) is 0 Å². The maximum absolute atomic E-state index is 12.3. The van der Waals surface area contributed by atoms with Gasteiger partial charge in [0.1, 0.15) is 6.10 Å². The Kier molecular flexibility index (Phi) is 8.89. The fourth-order valence-electron chi connectivity index (χ4n) is 2.63. The maximum atomic E-state index is 12.3. The van der Waals surface area contributed by atoms with Gasteiger partial charge in [-0.1, -0.05) is 0 Å². The van der Waals surface area contributed by atoms with Crippen LogP contribution < -0.4 is 5.32 Å². The number of nitrogens with one attached hydrogen (secondary N) is 1. The van der Waals surface area contributed by atoms with Crippen LogP contribution in [0.2, 0.25) is 0 Å². The number of sulfonamides is 1. The third kappa shape index (κ3) is 6.12. The van der Waals surface area contributed by atoms with Gasteiger partial charge in [0, 0.05) is 39.3 Å². The van der Waals surface area contributed by atoms with E-state index < -0.39 is 16.1 Å². The molecule has 1 amide bonds. The van der Waals surface area contributed by atoms with Crippen LogP contribution in [0.1, 0.15) is 13.8 Å². The number of carbonyl (C=O) groups excluding carboxylic acids is 1. The summed E-state index contributed by atoms with van der Waals surface area (Å²) in [5.41, 5.74) is 0. The van der Waals surface area contributed by atoms with Crippen LogP contribution in [0.3, 0.4) is 0 Å². The molecule has 0 aromatic rings. The summed E-state index contributed by atoms with van der Waals surface area (Å²) >= 11 is 0. The summed E-state index contributed by atoms with van der Waals surface area (Å²) in [6, 6.07) is 0. The van der Waals surface area contributed by atoms with Gasteiger partial charge in [0.05, 0.1) is 25.1 Å². The van der Waals surface area contributed by atoms with Crippen molar-refractivity contribution in [2.75, 3.05) is 58.2 Å². The van der Waals surface area contributed by atoms with E-state index in [-0.39, 0.29) is 36.8 Å². The molecule has 8 nitrogen and oxygen atoms in total. The number of hydrogen-bond acceptors (Lipinski definition) is 6. The highest BCUT2D eigenvalue weighted by atomic mass is 35.5. The SMILES string of the molecule is CC(C)OCCS(=O)(=O)N1CCN(C(=O)C2CNCCO2)CC1.Cl. The number of hydrogen-bond donors (Lipinski definition) is 1. The average Bonchev–Trinajstić information content (AvgIpc) is 2.54. The van der Waals surface area contributed by atoms with E-state index in [9.17, 15) is 13.2 Å². The number of amides is 1. The lowest BCUT2D eigenvalue weighted by Crippen LogP contribution is -2.56. The molecule has 1 atom stereocenters. The van der Waals surface area contributed by atoms with Gasteiger partial charge >= 0.3 is 0 Å². The second kappa shape index (κ2) is 9.88. The van der Waals surface area contributed by atoms with Crippen molar-refractivity contribution in [2.45, 2.75) is 26.1 Å². The van der Waals surface area contributed by atoms with Crippen molar-refractivity contribution in [1.29, 1.82) is 0 Å². The largest absolute Gasteiger partial charge is 0.378 e. The number of carbonyl (C=O) groups is 1. The van der Waals surface area contributed by atoms with Crippen molar-refractivity contribution in [1.82, 2.24) is 14.5 Å². The first-order valence-electron chi connectivity index (χ1n) is 8.10. The summed E-state index contributed by atoms with van der Waals surface area (Å²) in [4.78, 5) is 14.0. The van der Waals surface area contributed by atoms with Crippen molar-refractivity contribution in [2.24, 2.45) is 0 Å². The molecule has 10 heteroatoms. The predicted octanol–water partition coefficient (Wildman–Crippen LogP) is -0.704. The average molecular weight is 386 g/mol. The highest BCUT2D eigenvalue weighted by Crippen LogP contribution is 2.11. The quantitative estimate of drug-likeness (QED) is 0.650. The van der Waals surface area contributed by atoms with Gasteiger partial charge in [-0.3, -0.25) is 4.79 Å². The first kappa shape index (κ1) is 21.6. The van der Waals surface area contributed by atoms with Crippen molar-refractivity contribution < 1.29 is 22.7 Å². The normalized spacial score (nSPS) is 23.1. The summed E-state index contributed by atoms with van der Waals surface area (Å²) in [5.74, 6) is -0.0770. The fraction of sp³-hybridized carbons (Fsp3) is 0.929. The molecule has 0 spiro atoms. The fourth-order valence-corrected chi connectivity index (χ4v) is 3.92. The van der Waals surface area contributed by atoms with E-state index in [0.29, 0.717) is 39.3 Å². The van der Waals surface area contributed by atoms with E-state index in [1.807, 2.05) is 13.8 Å². The van der Waals surface area contributed by atoms with Crippen LogP contribution in [0.25, 0.3) is 0 Å². The number of rotatable bonds is 6. The predicted molar refractivity (Wildman–Crippen MR) is 92.9 cm³/mol. The zero-order chi connectivity index (χ0) is 16.9. The first-order chi connectivity index (χ1) is 10.9. The molecule has 0 aromatic carbocycles. The van der Waals surface area contributed by atoms with Gasteiger partial charge < -0.3 is 19.7 Å². The highest BCUT2D eigenvalue weighted by molar-refractivity contribution is 7.89. The monoisotopic (exact) mass is 385 g/mol. The Morgan fingerprint density at radius 3 is 2.50 bits per heavy atom. The Hall–Kier alpha value is -0.450. The third-order valence-electron chi connectivity index (χ3n) is 3.94. The zero-order valence-electron chi connectivity index (χ0n) is 14.3. The minimum Gasteiger partial charge on any atom is -0.378 e. The molecule has 0 aromatic heterocycles. The second-order valence-corrected chi connectivity index (χ2v) is 8.11. The molecule has 0 bridgehead atoms. The molecule has 0 saturated carbocycles. The molecular formula is C14H28ClN3O5S. The van der Waals surface area contributed by atoms with Crippen molar-refractivity contribution in [3.8, 4) is 0 Å². The van der Waals surface area contributed by atoms with Crippen molar-refractivity contribution >= 4 is 28.3 Å². The summed E-state index contributed by atoms with van der Waals surface area (Å²) in [7, 11) is -3.33. The number of morpholine rings is 1. The zero-order valence-corrected chi connectivity index (χ0v) is 15.9. The van der Waals surface area contributed by atoms with E-state index in [0.717, 1.165) is 6.54 Å². The summed E-state index contributed by atoms with van der Waals surface area (Å²) in [6.07, 6.45) is -0.435. The molecule has 2 saturated heterocycles. The topological polar surface area (TPSA) is 88.2 Å². The Bertz CT molecular complexity index is 489. The van der Waals surface area contributed by atoms with E-state index in [1.54, 1.807) is 4.90 Å². The van der Waals surface area contributed by atoms with E-state index >= 15 is 0 Å². The van der Waals surface area contributed by atoms with E-state index in [1.165, 1.54) is 4.31 Å². The lowest BCUT2D eigenvalue weighted by atomic mass is 10.2. The molecule has 2 aliphatic rings. The van der Waals surface area contributed by atoms with Gasteiger partial charge in [0.2, 0.25) is 10.0 Å². The molecular weight excluding hydrogens is 358 g/mol. The van der Waals surface area contributed by atoms with E-state index in [4.69, 9.17) is 9.47 Å². The van der Waals surface area contributed by atoms with Crippen LogP contribution >= 0.6 is 12.4 Å². The molecule has 2 aliphatic heterocycles. The minimum atomic E-state index is -3.33. The highest BCUT2D eigenvalue weighted by Gasteiger charge is 2.32. The van der Waals surface area contributed by atoms with Gasteiger partial charge in [-0.15, -0.1) is 12.4 Å². The molecule has 142 valence electrons. The molecule has 2 rings (SSSR count). The number of piperazine rings is 1. The molecule has 0 radical (unpaired) electrons. The molecule has 1 unspecified atom stereocenters. The molecule has 0 aliphatic carbocycles. The summed E-state index contributed by atoms with van der Waals surface area (Å²) in [5, 5.41) is 3.13. The number of ether oxygens (including phenoxy) is 2. The van der Waals surface area contributed by atoms with Crippen molar-refractivity contribution in [3.63, 3.8) is 0 Å². The second-order valence-electron chi connectivity index (χ2n) is 6.02. The Morgan fingerprint density at radius 1 is 1.29 bits per heavy atom. The summed E-state index contributed by atoms with van der Waals surface area (Å²) in [6.45, 7) is 7.22.